The maximum Gasteiger partial charge on any atom is 0.0347 e. The average molecular weight is 268 g/mol. The Bertz CT molecular complexity index is 269. The van der Waals surface area contributed by atoms with Gasteiger partial charge in [-0.25, -0.2) is 0 Å². The number of rotatable bonds is 7. The van der Waals surface area contributed by atoms with Gasteiger partial charge in [-0.3, -0.25) is 9.80 Å². The van der Waals surface area contributed by atoms with E-state index in [1.54, 1.807) is 0 Å². The van der Waals surface area contributed by atoms with Crippen molar-refractivity contribution in [3.63, 3.8) is 0 Å². The third-order valence-electron chi connectivity index (χ3n) is 5.09. The lowest BCUT2D eigenvalue weighted by Crippen LogP contribution is -2.61. The average Bonchev–Trinajstić information content (AvgIpc) is 2.22. The molecule has 112 valence electrons. The van der Waals surface area contributed by atoms with E-state index < -0.39 is 0 Å². The third kappa shape index (κ3) is 3.69. The summed E-state index contributed by atoms with van der Waals surface area (Å²) in [5.41, 5.74) is 0. The quantitative estimate of drug-likeness (QED) is 0.733. The summed E-state index contributed by atoms with van der Waals surface area (Å²) in [5, 5.41) is 3.35. The van der Waals surface area contributed by atoms with Crippen molar-refractivity contribution in [1.82, 2.24) is 20.0 Å². The van der Waals surface area contributed by atoms with Crippen LogP contribution in [-0.2, 0) is 0 Å². The summed E-state index contributed by atoms with van der Waals surface area (Å²) in [5.74, 6) is 0. The van der Waals surface area contributed by atoms with Crippen LogP contribution in [0.15, 0.2) is 0 Å². The van der Waals surface area contributed by atoms with Crippen LogP contribution in [0.5, 0.6) is 0 Å². The highest BCUT2D eigenvalue weighted by molar-refractivity contribution is 4.90. The fourth-order valence-electron chi connectivity index (χ4n) is 3.00. The Morgan fingerprint density at radius 3 is 2.26 bits per heavy atom. The maximum absolute atomic E-state index is 3.35. The van der Waals surface area contributed by atoms with Crippen molar-refractivity contribution >= 4 is 0 Å². The van der Waals surface area contributed by atoms with Crippen LogP contribution in [-0.4, -0.2) is 85.7 Å². The van der Waals surface area contributed by atoms with Crippen molar-refractivity contribution in [2.75, 3.05) is 46.8 Å². The smallest absolute Gasteiger partial charge is 0.0347 e. The Morgan fingerprint density at radius 1 is 1.11 bits per heavy atom. The SMILES string of the molecule is CNC1CN(C(C)CCN(C)C2CN(C(C)C)C2)C1. The molecule has 1 atom stereocenters. The van der Waals surface area contributed by atoms with Gasteiger partial charge in [-0.15, -0.1) is 0 Å². The topological polar surface area (TPSA) is 21.8 Å². The van der Waals surface area contributed by atoms with Gasteiger partial charge in [0, 0.05) is 50.3 Å². The highest BCUT2D eigenvalue weighted by Crippen LogP contribution is 2.18. The van der Waals surface area contributed by atoms with E-state index in [-0.39, 0.29) is 0 Å². The van der Waals surface area contributed by atoms with E-state index in [1.807, 2.05) is 0 Å². The van der Waals surface area contributed by atoms with Gasteiger partial charge < -0.3 is 10.2 Å². The molecule has 0 amide bonds. The highest BCUT2D eigenvalue weighted by atomic mass is 15.3. The van der Waals surface area contributed by atoms with Crippen LogP contribution in [0.25, 0.3) is 0 Å². The second kappa shape index (κ2) is 6.53. The lowest BCUT2D eigenvalue weighted by Gasteiger charge is -2.47. The molecule has 0 aromatic heterocycles. The van der Waals surface area contributed by atoms with Crippen LogP contribution < -0.4 is 5.32 Å². The second-order valence-corrected chi connectivity index (χ2v) is 6.76. The van der Waals surface area contributed by atoms with Gasteiger partial charge in [0.1, 0.15) is 0 Å². The molecule has 19 heavy (non-hydrogen) atoms. The number of likely N-dealkylation sites (tertiary alicyclic amines) is 2. The normalized spacial score (nSPS) is 24.8. The Balaban J connectivity index is 1.58. The molecule has 2 saturated heterocycles. The zero-order valence-corrected chi connectivity index (χ0v) is 13.4. The summed E-state index contributed by atoms with van der Waals surface area (Å²) in [6.45, 7) is 13.2. The Morgan fingerprint density at radius 2 is 1.74 bits per heavy atom. The third-order valence-corrected chi connectivity index (χ3v) is 5.09. The fourth-order valence-corrected chi connectivity index (χ4v) is 3.00. The predicted octanol–water partition coefficient (Wildman–Crippen LogP) is 0.693. The fraction of sp³-hybridized carbons (Fsp3) is 1.00. The summed E-state index contributed by atoms with van der Waals surface area (Å²) in [7, 11) is 4.36. The molecular weight excluding hydrogens is 236 g/mol. The molecule has 2 fully saturated rings. The van der Waals surface area contributed by atoms with Gasteiger partial charge in [-0.1, -0.05) is 0 Å². The largest absolute Gasteiger partial charge is 0.315 e. The Kier molecular flexibility index (Phi) is 5.23. The molecule has 4 heteroatoms. The molecule has 1 N–H and O–H groups in total. The van der Waals surface area contributed by atoms with Crippen LogP contribution in [0.4, 0.5) is 0 Å². The van der Waals surface area contributed by atoms with Crippen molar-refractivity contribution in [1.29, 1.82) is 0 Å². The van der Waals surface area contributed by atoms with Gasteiger partial charge in [-0.05, 0) is 47.8 Å². The lowest BCUT2D eigenvalue weighted by molar-refractivity contribution is 0.0184. The van der Waals surface area contributed by atoms with Crippen molar-refractivity contribution < 1.29 is 0 Å². The van der Waals surface area contributed by atoms with Gasteiger partial charge in [0.2, 0.25) is 0 Å². The van der Waals surface area contributed by atoms with E-state index in [4.69, 9.17) is 0 Å². The Hall–Kier alpha value is -0.160. The number of likely N-dealkylation sites (N-methyl/N-ethyl adjacent to an activating group) is 2. The minimum Gasteiger partial charge on any atom is -0.315 e. The molecule has 2 rings (SSSR count). The first kappa shape index (κ1) is 15.2. The standard InChI is InChI=1S/C15H32N4/c1-12(2)18-10-15(11-18)17(5)7-6-13(3)19-8-14(9-19)16-4/h12-16H,6-11H2,1-5H3. The number of nitrogens with zero attached hydrogens (tertiary/aromatic N) is 3. The monoisotopic (exact) mass is 268 g/mol. The molecule has 2 aliphatic rings. The Labute approximate surface area is 119 Å². The summed E-state index contributed by atoms with van der Waals surface area (Å²) in [6, 6.07) is 2.96. The molecule has 2 heterocycles. The zero-order valence-electron chi connectivity index (χ0n) is 13.4. The number of nitrogens with one attached hydrogen (secondary N) is 1. The molecule has 0 spiro atoms. The zero-order chi connectivity index (χ0) is 14.0. The van der Waals surface area contributed by atoms with Crippen LogP contribution >= 0.6 is 0 Å². The molecule has 2 aliphatic heterocycles. The molecule has 0 aromatic rings. The minimum atomic E-state index is 0.711. The molecule has 0 aliphatic carbocycles. The maximum atomic E-state index is 3.35. The molecule has 0 radical (unpaired) electrons. The molecule has 4 nitrogen and oxygen atoms in total. The van der Waals surface area contributed by atoms with Crippen LogP contribution in [0.2, 0.25) is 0 Å². The number of hydrogen-bond donors (Lipinski definition) is 1. The summed E-state index contributed by atoms with van der Waals surface area (Å²) >= 11 is 0. The molecule has 0 saturated carbocycles. The first-order valence-corrected chi connectivity index (χ1v) is 7.86. The van der Waals surface area contributed by atoms with E-state index in [9.17, 15) is 0 Å². The summed E-state index contributed by atoms with van der Waals surface area (Å²) < 4.78 is 0. The van der Waals surface area contributed by atoms with Gasteiger partial charge in [0.05, 0.1) is 0 Å². The summed E-state index contributed by atoms with van der Waals surface area (Å²) in [6.07, 6.45) is 1.30. The van der Waals surface area contributed by atoms with Crippen LogP contribution in [0.3, 0.4) is 0 Å². The van der Waals surface area contributed by atoms with Gasteiger partial charge in [0.25, 0.3) is 0 Å². The van der Waals surface area contributed by atoms with E-state index in [1.165, 1.54) is 39.1 Å². The summed E-state index contributed by atoms with van der Waals surface area (Å²) in [4.78, 5) is 7.71. The van der Waals surface area contributed by atoms with Crippen molar-refractivity contribution in [2.45, 2.75) is 51.4 Å². The van der Waals surface area contributed by atoms with E-state index in [2.05, 4.69) is 54.9 Å². The van der Waals surface area contributed by atoms with Gasteiger partial charge in [0.15, 0.2) is 0 Å². The van der Waals surface area contributed by atoms with Crippen molar-refractivity contribution in [2.24, 2.45) is 0 Å². The minimum absolute atomic E-state index is 0.711. The van der Waals surface area contributed by atoms with E-state index in [0.717, 1.165) is 18.1 Å². The molecular formula is C15H32N4. The highest BCUT2D eigenvalue weighted by Gasteiger charge is 2.32. The molecule has 1 unspecified atom stereocenters. The van der Waals surface area contributed by atoms with Crippen LogP contribution in [0.1, 0.15) is 27.2 Å². The van der Waals surface area contributed by atoms with E-state index >= 15 is 0 Å². The van der Waals surface area contributed by atoms with Crippen molar-refractivity contribution in [3.05, 3.63) is 0 Å². The second-order valence-electron chi connectivity index (χ2n) is 6.76. The van der Waals surface area contributed by atoms with Gasteiger partial charge in [-0.2, -0.15) is 0 Å². The van der Waals surface area contributed by atoms with Gasteiger partial charge >= 0.3 is 0 Å². The van der Waals surface area contributed by atoms with Crippen LogP contribution in [0, 0.1) is 0 Å². The predicted molar refractivity (Wildman–Crippen MR) is 81.6 cm³/mol. The van der Waals surface area contributed by atoms with E-state index in [0.29, 0.717) is 6.04 Å². The van der Waals surface area contributed by atoms with Crippen molar-refractivity contribution in [3.8, 4) is 0 Å². The number of hydrogen-bond acceptors (Lipinski definition) is 4. The first-order valence-electron chi connectivity index (χ1n) is 7.86. The molecule has 0 aromatic carbocycles. The molecule has 0 bridgehead atoms. The first-order chi connectivity index (χ1) is 9.01. The lowest BCUT2D eigenvalue weighted by atomic mass is 10.0.